The minimum Gasteiger partial charge on any atom is -0.330 e. The Bertz CT molecular complexity index is 133. The minimum absolute atomic E-state index is 0.882. The Morgan fingerprint density at radius 1 is 1.30 bits per heavy atom. The molecule has 10 heavy (non-hydrogen) atoms. The van der Waals surface area contributed by atoms with Gasteiger partial charge in [-0.25, -0.2) is 0 Å². The van der Waals surface area contributed by atoms with E-state index >= 15 is 0 Å². The highest BCUT2D eigenvalue weighted by Gasteiger charge is 2.48. The Kier molecular flexibility index (Phi) is 1.48. The maximum absolute atomic E-state index is 5.68. The summed E-state index contributed by atoms with van der Waals surface area (Å²) >= 11 is 0. The quantitative estimate of drug-likeness (QED) is 0.587. The van der Waals surface area contributed by atoms with Crippen LogP contribution in [0, 0.1) is 23.7 Å². The zero-order valence-electron chi connectivity index (χ0n) is 6.72. The average molecular weight is 139 g/mol. The molecule has 2 saturated carbocycles. The third-order valence-corrected chi connectivity index (χ3v) is 3.80. The summed E-state index contributed by atoms with van der Waals surface area (Å²) in [6, 6.07) is 0. The van der Waals surface area contributed by atoms with Gasteiger partial charge in [-0.1, -0.05) is 13.3 Å². The van der Waals surface area contributed by atoms with Gasteiger partial charge >= 0.3 is 0 Å². The molecule has 2 fully saturated rings. The SMILES string of the molecule is CC1C(CN)C2CCCC12. The van der Waals surface area contributed by atoms with Crippen LogP contribution >= 0.6 is 0 Å². The van der Waals surface area contributed by atoms with Gasteiger partial charge in [0.15, 0.2) is 0 Å². The molecule has 0 aromatic carbocycles. The summed E-state index contributed by atoms with van der Waals surface area (Å²) in [6.07, 6.45) is 4.43. The predicted octanol–water partition coefficient (Wildman–Crippen LogP) is 1.63. The van der Waals surface area contributed by atoms with Crippen LogP contribution in [0.4, 0.5) is 0 Å². The molecule has 0 aromatic heterocycles. The lowest BCUT2D eigenvalue weighted by Crippen LogP contribution is -2.45. The number of hydrogen-bond acceptors (Lipinski definition) is 1. The van der Waals surface area contributed by atoms with Crippen LogP contribution in [-0.2, 0) is 0 Å². The van der Waals surface area contributed by atoms with Gasteiger partial charge in [-0.05, 0) is 43.1 Å². The summed E-state index contributed by atoms with van der Waals surface area (Å²) in [4.78, 5) is 0. The Balaban J connectivity index is 2.01. The molecule has 2 aliphatic carbocycles. The van der Waals surface area contributed by atoms with E-state index in [0.717, 1.165) is 30.2 Å². The summed E-state index contributed by atoms with van der Waals surface area (Å²) in [5, 5.41) is 0. The number of hydrogen-bond donors (Lipinski definition) is 1. The van der Waals surface area contributed by atoms with E-state index in [1.807, 2.05) is 0 Å². The molecular formula is C9H17N. The van der Waals surface area contributed by atoms with Crippen molar-refractivity contribution in [2.24, 2.45) is 29.4 Å². The number of nitrogens with two attached hydrogens (primary N) is 1. The summed E-state index contributed by atoms with van der Waals surface area (Å²) in [5.74, 6) is 3.92. The number of fused-ring (bicyclic) bond motifs is 1. The Morgan fingerprint density at radius 3 is 2.70 bits per heavy atom. The molecule has 2 N–H and O–H groups in total. The first-order chi connectivity index (χ1) is 4.84. The summed E-state index contributed by atoms with van der Waals surface area (Å²) in [7, 11) is 0. The summed E-state index contributed by atoms with van der Waals surface area (Å²) in [6.45, 7) is 3.31. The van der Waals surface area contributed by atoms with E-state index < -0.39 is 0 Å². The van der Waals surface area contributed by atoms with Crippen LogP contribution in [0.5, 0.6) is 0 Å². The molecule has 0 aromatic rings. The van der Waals surface area contributed by atoms with Crippen molar-refractivity contribution in [3.63, 3.8) is 0 Å². The highest BCUT2D eigenvalue weighted by molar-refractivity contribution is 4.98. The van der Waals surface area contributed by atoms with Crippen molar-refractivity contribution in [1.29, 1.82) is 0 Å². The van der Waals surface area contributed by atoms with Crippen LogP contribution in [0.25, 0.3) is 0 Å². The second-order valence-electron chi connectivity index (χ2n) is 4.02. The highest BCUT2D eigenvalue weighted by Crippen LogP contribution is 2.54. The first-order valence-corrected chi connectivity index (χ1v) is 4.54. The third-order valence-electron chi connectivity index (χ3n) is 3.80. The standard InChI is InChI=1S/C9H17N/c1-6-7-3-2-4-8(7)9(6)5-10/h6-9H,2-5,10H2,1H3. The van der Waals surface area contributed by atoms with E-state index in [1.54, 1.807) is 0 Å². The van der Waals surface area contributed by atoms with Crippen molar-refractivity contribution < 1.29 is 0 Å². The van der Waals surface area contributed by atoms with Gasteiger partial charge in [-0.2, -0.15) is 0 Å². The van der Waals surface area contributed by atoms with Crippen LogP contribution in [0.15, 0.2) is 0 Å². The second-order valence-corrected chi connectivity index (χ2v) is 4.02. The zero-order valence-corrected chi connectivity index (χ0v) is 6.72. The van der Waals surface area contributed by atoms with E-state index in [9.17, 15) is 0 Å². The smallest absolute Gasteiger partial charge is 0.00435 e. The maximum atomic E-state index is 5.68. The van der Waals surface area contributed by atoms with Gasteiger partial charge in [-0.15, -0.1) is 0 Å². The third kappa shape index (κ3) is 0.672. The Labute approximate surface area is 63.0 Å². The molecule has 0 aliphatic heterocycles. The van der Waals surface area contributed by atoms with Crippen LogP contribution in [0.2, 0.25) is 0 Å². The van der Waals surface area contributed by atoms with Gasteiger partial charge in [0.25, 0.3) is 0 Å². The van der Waals surface area contributed by atoms with E-state index in [-0.39, 0.29) is 0 Å². The molecule has 0 spiro atoms. The predicted molar refractivity (Wildman–Crippen MR) is 42.5 cm³/mol. The van der Waals surface area contributed by atoms with Crippen LogP contribution in [0.3, 0.4) is 0 Å². The highest BCUT2D eigenvalue weighted by atomic mass is 14.6. The molecule has 1 heteroatoms. The molecule has 2 aliphatic rings. The summed E-state index contributed by atoms with van der Waals surface area (Å²) < 4.78 is 0. The van der Waals surface area contributed by atoms with Gasteiger partial charge in [0.05, 0.1) is 0 Å². The average Bonchev–Trinajstić information content (AvgIpc) is 2.33. The van der Waals surface area contributed by atoms with E-state index in [4.69, 9.17) is 5.73 Å². The lowest BCUT2D eigenvalue weighted by Gasteiger charge is -2.47. The zero-order chi connectivity index (χ0) is 7.14. The van der Waals surface area contributed by atoms with Crippen molar-refractivity contribution in [1.82, 2.24) is 0 Å². The normalized spacial score (nSPS) is 52.2. The molecular weight excluding hydrogens is 122 g/mol. The molecule has 58 valence electrons. The number of rotatable bonds is 1. The van der Waals surface area contributed by atoms with Crippen molar-refractivity contribution in [2.45, 2.75) is 26.2 Å². The molecule has 0 saturated heterocycles. The molecule has 1 nitrogen and oxygen atoms in total. The molecule has 4 unspecified atom stereocenters. The Hall–Kier alpha value is -0.0400. The van der Waals surface area contributed by atoms with Gasteiger partial charge in [-0.3, -0.25) is 0 Å². The van der Waals surface area contributed by atoms with Crippen molar-refractivity contribution in [3.05, 3.63) is 0 Å². The van der Waals surface area contributed by atoms with E-state index in [2.05, 4.69) is 6.92 Å². The van der Waals surface area contributed by atoms with Gasteiger partial charge in [0.1, 0.15) is 0 Å². The lowest BCUT2D eigenvalue weighted by molar-refractivity contribution is 0.0227. The fourth-order valence-corrected chi connectivity index (χ4v) is 3.15. The fraction of sp³-hybridized carbons (Fsp3) is 1.00. The second kappa shape index (κ2) is 2.23. The van der Waals surface area contributed by atoms with Gasteiger partial charge in [0, 0.05) is 0 Å². The monoisotopic (exact) mass is 139 g/mol. The van der Waals surface area contributed by atoms with Gasteiger partial charge < -0.3 is 5.73 Å². The van der Waals surface area contributed by atoms with Crippen LogP contribution in [0.1, 0.15) is 26.2 Å². The topological polar surface area (TPSA) is 26.0 Å². The van der Waals surface area contributed by atoms with Crippen molar-refractivity contribution >= 4 is 0 Å². The van der Waals surface area contributed by atoms with Crippen LogP contribution < -0.4 is 5.73 Å². The van der Waals surface area contributed by atoms with Gasteiger partial charge in [0.2, 0.25) is 0 Å². The first kappa shape index (κ1) is 6.66. The molecule has 2 rings (SSSR count). The van der Waals surface area contributed by atoms with Crippen molar-refractivity contribution in [3.8, 4) is 0 Å². The van der Waals surface area contributed by atoms with Crippen molar-refractivity contribution in [2.75, 3.05) is 6.54 Å². The van der Waals surface area contributed by atoms with Crippen LogP contribution in [-0.4, -0.2) is 6.54 Å². The van der Waals surface area contributed by atoms with E-state index in [1.165, 1.54) is 19.3 Å². The fourth-order valence-electron chi connectivity index (χ4n) is 3.15. The first-order valence-electron chi connectivity index (χ1n) is 4.54. The minimum atomic E-state index is 0.882. The van der Waals surface area contributed by atoms with E-state index in [0.29, 0.717) is 0 Å². The molecule has 0 heterocycles. The Morgan fingerprint density at radius 2 is 2.00 bits per heavy atom. The molecule has 4 atom stereocenters. The molecule has 0 radical (unpaired) electrons. The maximum Gasteiger partial charge on any atom is -0.00435 e. The molecule has 0 amide bonds. The molecule has 0 bridgehead atoms. The lowest BCUT2D eigenvalue weighted by atomic mass is 9.59. The largest absolute Gasteiger partial charge is 0.330 e. The summed E-state index contributed by atoms with van der Waals surface area (Å²) in [5.41, 5.74) is 5.68.